The fraction of sp³-hybridized carbons (Fsp3) is 0.500. The number of fused-ring (bicyclic) bond motifs is 1. The number of nitrogens with two attached hydrogens (primary N) is 1. The molecule has 2 aromatic rings. The number of likely N-dealkylation sites (N-methyl/N-ethyl adjacent to an activating group) is 1. The molecule has 64 heavy (non-hydrogen) atoms. The maximum absolute atomic E-state index is 10.8. The molecular formula is C56H84N4O3S. The van der Waals surface area contributed by atoms with Gasteiger partial charge in [0.05, 0.1) is 5.00 Å². The van der Waals surface area contributed by atoms with E-state index < -0.39 is 0 Å². The van der Waals surface area contributed by atoms with Crippen LogP contribution in [0, 0.1) is 5.41 Å². The Labute approximate surface area is 393 Å². The van der Waals surface area contributed by atoms with Crippen LogP contribution < -0.4 is 11.1 Å². The number of carbonyl (C=O) groups is 2. The first-order valence-corrected chi connectivity index (χ1v) is 24.4. The van der Waals surface area contributed by atoms with Crippen LogP contribution >= 0.6 is 11.3 Å². The van der Waals surface area contributed by atoms with Gasteiger partial charge in [0, 0.05) is 69.3 Å². The smallest absolute Gasteiger partial charge is 0.204 e. The molecule has 352 valence electrons. The first kappa shape index (κ1) is 55.8. The molecule has 1 amide bonds. The largest absolute Gasteiger partial charge is 0.388 e. The van der Waals surface area contributed by atoms with E-state index in [4.69, 9.17) is 4.79 Å². The lowest BCUT2D eigenvalue weighted by Gasteiger charge is -2.39. The second-order valence-electron chi connectivity index (χ2n) is 17.6. The lowest BCUT2D eigenvalue weighted by Crippen LogP contribution is -2.45. The van der Waals surface area contributed by atoms with Gasteiger partial charge in [0.1, 0.15) is 6.29 Å². The molecule has 0 fully saturated rings. The molecule has 6 rings (SSSR count). The van der Waals surface area contributed by atoms with E-state index in [0.29, 0.717) is 6.04 Å². The number of amides is 1. The molecular weight excluding hydrogens is 809 g/mol. The molecule has 3 N–H and O–H groups in total. The zero-order valence-corrected chi connectivity index (χ0v) is 42.1. The summed E-state index contributed by atoms with van der Waals surface area (Å²) < 4.78 is 4.25. The predicted molar refractivity (Wildman–Crippen MR) is 280 cm³/mol. The van der Waals surface area contributed by atoms with Crippen LogP contribution in [0.3, 0.4) is 0 Å². The Hall–Kier alpha value is -4.34. The number of thiophene rings is 1. The van der Waals surface area contributed by atoms with Crippen molar-refractivity contribution in [2.45, 2.75) is 131 Å². The minimum absolute atomic E-state index is 0.250. The number of nitrogens with zero attached hydrogens (tertiary/aromatic N) is 2. The minimum Gasteiger partial charge on any atom is -0.388 e. The maximum atomic E-state index is 10.8. The molecule has 0 saturated heterocycles. The number of ether oxygens (including phenoxy) is 1. The quantitative estimate of drug-likeness (QED) is 0.121. The average molecular weight is 893 g/mol. The summed E-state index contributed by atoms with van der Waals surface area (Å²) in [4.78, 5) is 26.2. The van der Waals surface area contributed by atoms with Gasteiger partial charge in [-0.2, -0.15) is 0 Å². The zero-order chi connectivity index (χ0) is 47.3. The summed E-state index contributed by atoms with van der Waals surface area (Å²) >= 11 is 1.98. The highest BCUT2D eigenvalue weighted by atomic mass is 32.1. The number of aldehydes is 1. The van der Waals surface area contributed by atoms with E-state index in [1.54, 1.807) is 36.3 Å². The highest BCUT2D eigenvalue weighted by Gasteiger charge is 2.28. The number of benzene rings is 1. The standard InChI is InChI=1S/C26H40N2.C24H29NOS.C3H6.C2H6O.CH3NO/c1-7-25(8-2)28(21-26(5)15-10-9-11-16-26)18-17-27(6)20-23-13-12-14-24(19-23)22(3)4;1-25-24-23(21-4-2-3-5-22(21)27-24)20-14-12-18(13-15-20)7-6-17-8-10-19(16-26)11-9-17;2*1-3-2;2-1-3/h9-15,19,25H,3,7-8,16-18,20-21H2,1-2,4-6H3;8,10,12,14,16,25H,2-7,9,11,13,15H2,1H3;3H,1H2,2H3;1-2H3;1H,(H2,2,3). The van der Waals surface area contributed by atoms with Crippen molar-refractivity contribution < 1.29 is 14.3 Å². The molecule has 0 bridgehead atoms. The average Bonchev–Trinajstić information content (AvgIpc) is 3.68. The Balaban J connectivity index is 0.000000372. The summed E-state index contributed by atoms with van der Waals surface area (Å²) in [5.41, 5.74) is 16.8. The number of aryl methyl sites for hydroxylation is 1. The maximum Gasteiger partial charge on any atom is 0.204 e. The fourth-order valence-electron chi connectivity index (χ4n) is 8.68. The summed E-state index contributed by atoms with van der Waals surface area (Å²) in [6.07, 6.45) is 36.4. The number of carbonyl (C=O) groups excluding carboxylic acids is 2. The Morgan fingerprint density at radius 1 is 0.969 bits per heavy atom. The zero-order valence-electron chi connectivity index (χ0n) is 41.3. The lowest BCUT2D eigenvalue weighted by atomic mass is 9.82. The van der Waals surface area contributed by atoms with Gasteiger partial charge in [-0.1, -0.05) is 123 Å². The van der Waals surface area contributed by atoms with Crippen LogP contribution in [-0.2, 0) is 33.7 Å². The molecule has 0 radical (unpaired) electrons. The predicted octanol–water partition coefficient (Wildman–Crippen LogP) is 13.1. The minimum atomic E-state index is 0.250. The van der Waals surface area contributed by atoms with Gasteiger partial charge in [0.2, 0.25) is 6.41 Å². The van der Waals surface area contributed by atoms with E-state index in [-0.39, 0.29) is 11.8 Å². The van der Waals surface area contributed by atoms with Crippen molar-refractivity contribution in [3.05, 3.63) is 136 Å². The fourth-order valence-corrected chi connectivity index (χ4v) is 9.96. The van der Waals surface area contributed by atoms with Gasteiger partial charge in [-0.25, -0.2) is 0 Å². The molecule has 4 aliphatic rings. The van der Waals surface area contributed by atoms with Crippen LogP contribution in [0.5, 0.6) is 0 Å². The van der Waals surface area contributed by atoms with Crippen molar-refractivity contribution in [3.63, 3.8) is 0 Å². The van der Waals surface area contributed by atoms with Crippen LogP contribution in [0.25, 0.3) is 11.1 Å². The molecule has 0 spiro atoms. The van der Waals surface area contributed by atoms with E-state index in [9.17, 15) is 4.79 Å². The molecule has 8 heteroatoms. The third-order valence-electron chi connectivity index (χ3n) is 12.1. The summed E-state index contributed by atoms with van der Waals surface area (Å²) in [7, 11) is 7.55. The van der Waals surface area contributed by atoms with Gasteiger partial charge < -0.3 is 20.7 Å². The topological polar surface area (TPSA) is 87.9 Å². The second-order valence-corrected chi connectivity index (χ2v) is 18.7. The van der Waals surface area contributed by atoms with Crippen LogP contribution in [0.2, 0.25) is 0 Å². The first-order valence-electron chi connectivity index (χ1n) is 23.6. The molecule has 1 aromatic carbocycles. The van der Waals surface area contributed by atoms with Crippen molar-refractivity contribution >= 4 is 40.2 Å². The molecule has 1 unspecified atom stereocenters. The van der Waals surface area contributed by atoms with E-state index in [1.807, 2.05) is 24.3 Å². The van der Waals surface area contributed by atoms with E-state index in [0.717, 1.165) is 82.1 Å². The first-order chi connectivity index (χ1) is 30.9. The molecule has 4 aliphatic carbocycles. The van der Waals surface area contributed by atoms with Crippen molar-refractivity contribution in [3.8, 4) is 0 Å². The molecule has 1 aromatic heterocycles. The van der Waals surface area contributed by atoms with Crippen LogP contribution in [0.1, 0.15) is 132 Å². The SMILES string of the molecule is C=C(C)c1cccc(CN(C)CCN(CC2(C)C=CC=CC2)C(CC)CC)c1.C=CC.CNc1sc2c(c1C1=CC=C(CCC3=CC=C(C=O)CC3)CC1)CCCC2.COC.NC=O. The Bertz CT molecular complexity index is 1920. The number of rotatable bonds is 17. The number of hydrogen-bond acceptors (Lipinski definition) is 7. The van der Waals surface area contributed by atoms with Crippen molar-refractivity contribution in [1.82, 2.24) is 9.80 Å². The summed E-state index contributed by atoms with van der Waals surface area (Å²) in [5, 5.41) is 4.83. The van der Waals surface area contributed by atoms with Crippen LogP contribution in [-0.4, -0.2) is 76.5 Å². The molecule has 1 atom stereocenters. The van der Waals surface area contributed by atoms with Crippen LogP contribution in [0.4, 0.5) is 5.00 Å². The highest BCUT2D eigenvalue weighted by molar-refractivity contribution is 7.16. The second kappa shape index (κ2) is 31.5. The van der Waals surface area contributed by atoms with E-state index in [1.165, 1.54) is 77.8 Å². The van der Waals surface area contributed by atoms with Crippen molar-refractivity contribution in [2.75, 3.05) is 53.3 Å². The van der Waals surface area contributed by atoms with E-state index >= 15 is 0 Å². The van der Waals surface area contributed by atoms with Gasteiger partial charge in [-0.05, 0) is 132 Å². The highest BCUT2D eigenvalue weighted by Crippen LogP contribution is 2.44. The Kier molecular flexibility index (Phi) is 27.5. The molecule has 7 nitrogen and oxygen atoms in total. The normalized spacial score (nSPS) is 17.2. The van der Waals surface area contributed by atoms with Gasteiger partial charge in [-0.3, -0.25) is 14.5 Å². The van der Waals surface area contributed by atoms with Gasteiger partial charge in [0.15, 0.2) is 0 Å². The van der Waals surface area contributed by atoms with E-state index in [2.05, 4.69) is 147 Å². The van der Waals surface area contributed by atoms with Crippen LogP contribution in [0.15, 0.2) is 109 Å². The van der Waals surface area contributed by atoms with Gasteiger partial charge in [0.25, 0.3) is 0 Å². The van der Waals surface area contributed by atoms with Gasteiger partial charge >= 0.3 is 0 Å². The number of primary amides is 1. The number of anilines is 1. The van der Waals surface area contributed by atoms with Crippen molar-refractivity contribution in [1.29, 1.82) is 0 Å². The Morgan fingerprint density at radius 2 is 1.61 bits per heavy atom. The third-order valence-corrected chi connectivity index (χ3v) is 13.4. The molecule has 1 heterocycles. The number of hydrogen-bond donors (Lipinski definition) is 2. The summed E-state index contributed by atoms with van der Waals surface area (Å²) in [6.45, 7) is 22.8. The Morgan fingerprint density at radius 3 is 2.14 bits per heavy atom. The summed E-state index contributed by atoms with van der Waals surface area (Å²) in [6, 6.07) is 9.46. The number of nitrogens with one attached hydrogen (secondary N) is 1. The van der Waals surface area contributed by atoms with Gasteiger partial charge in [-0.15, -0.1) is 17.9 Å². The lowest BCUT2D eigenvalue weighted by molar-refractivity contribution is -0.107. The monoisotopic (exact) mass is 893 g/mol. The number of allylic oxidation sites excluding steroid dienone is 13. The number of methoxy groups -OCH3 is 1. The van der Waals surface area contributed by atoms with Crippen molar-refractivity contribution in [2.24, 2.45) is 11.1 Å². The summed E-state index contributed by atoms with van der Waals surface area (Å²) in [5.74, 6) is 0. The molecule has 0 aliphatic heterocycles. The molecule has 0 saturated carbocycles. The third kappa shape index (κ3) is 19.4.